The molecule has 1 fully saturated rings. The number of anilines is 1. The number of carbonyl (C=O) groups is 1. The Morgan fingerprint density at radius 3 is 2.68 bits per heavy atom. The van der Waals surface area contributed by atoms with Crippen LogP contribution in [0.5, 0.6) is 5.75 Å². The predicted octanol–water partition coefficient (Wildman–Crippen LogP) is 2.19. The zero-order valence-electron chi connectivity index (χ0n) is 20.6. The molecular weight excluding hydrogens is 528 g/mol. The second kappa shape index (κ2) is 11.9. The summed E-state index contributed by atoms with van der Waals surface area (Å²) in [5.41, 5.74) is 11.1. The lowest BCUT2D eigenvalue weighted by Gasteiger charge is -2.29. The number of hydrogen-bond donors (Lipinski definition) is 3. The largest absolute Gasteiger partial charge is 0.462 e. The maximum absolute atomic E-state index is 15.2. The lowest BCUT2D eigenvalue weighted by Crippen LogP contribution is -2.45. The number of rotatable bonds is 11. The van der Waals surface area contributed by atoms with Crippen molar-refractivity contribution in [1.82, 2.24) is 14.6 Å². The van der Waals surface area contributed by atoms with Crippen LogP contribution < -0.4 is 21.0 Å². The zero-order chi connectivity index (χ0) is 28.1. The van der Waals surface area contributed by atoms with Gasteiger partial charge in [0, 0.05) is 11.1 Å². The lowest BCUT2D eigenvalue weighted by molar-refractivity contribution is -0.149. The predicted molar refractivity (Wildman–Crippen MR) is 130 cm³/mol. The number of azide groups is 1. The Morgan fingerprint density at radius 1 is 1.39 bits per heavy atom. The molecule has 6 unspecified atom stereocenters. The molecule has 6 atom stereocenters. The van der Waals surface area contributed by atoms with Gasteiger partial charge in [-0.25, -0.2) is 13.8 Å². The summed E-state index contributed by atoms with van der Waals surface area (Å²) in [6.45, 7) is 3.56. The van der Waals surface area contributed by atoms with Gasteiger partial charge in [-0.05, 0) is 44.5 Å². The van der Waals surface area contributed by atoms with Gasteiger partial charge in [-0.1, -0.05) is 23.3 Å². The molecule has 1 saturated heterocycles. The number of esters is 1. The van der Waals surface area contributed by atoms with Crippen molar-refractivity contribution in [3.63, 3.8) is 0 Å². The fourth-order valence-electron chi connectivity index (χ4n) is 3.40. The Balaban J connectivity index is 1.90. The number of halogens is 1. The average Bonchev–Trinajstić information content (AvgIpc) is 3.09. The van der Waals surface area contributed by atoms with E-state index in [9.17, 15) is 19.3 Å². The highest BCUT2D eigenvalue weighted by atomic mass is 31.2. The van der Waals surface area contributed by atoms with Gasteiger partial charge in [-0.3, -0.25) is 13.9 Å². The normalized spacial score (nSPS) is 25.3. The van der Waals surface area contributed by atoms with Crippen molar-refractivity contribution in [1.29, 1.82) is 0 Å². The quantitative estimate of drug-likeness (QED) is 0.120. The molecule has 1 aromatic heterocycles. The molecular formula is C21H27FN7O8P. The molecule has 1 aliphatic heterocycles. The minimum atomic E-state index is -4.51. The summed E-state index contributed by atoms with van der Waals surface area (Å²) in [5.74, 6) is -0.847. The molecule has 0 aliphatic carbocycles. The Bertz CT molecular complexity index is 1290. The molecule has 3 rings (SSSR count). The Kier molecular flexibility index (Phi) is 9.09. The maximum Gasteiger partial charge on any atom is 0.459 e. The standard InChI is InChI=1S/C21H27FN7O8P/c1-12(2)35-19(31)13(3)26-38(33,37-14-7-5-4-6-8-14)34-11-21(27-28-24)17(30)16(22)18(36-21)29-10-9-15(23)25-20(29)32/h4-10,12-13,16-18,30H,11H2,1-3H3,(H,26,33)(H2,23,25,32). The second-order valence-electron chi connectivity index (χ2n) is 8.49. The van der Waals surface area contributed by atoms with E-state index in [1.54, 1.807) is 32.0 Å². The van der Waals surface area contributed by atoms with Gasteiger partial charge >= 0.3 is 19.4 Å². The van der Waals surface area contributed by atoms with Crippen molar-refractivity contribution in [3.05, 3.63) is 63.5 Å². The minimum Gasteiger partial charge on any atom is -0.462 e. The molecule has 15 nitrogen and oxygen atoms in total. The first-order valence-electron chi connectivity index (χ1n) is 11.3. The summed E-state index contributed by atoms with van der Waals surface area (Å²) in [4.78, 5) is 30.6. The van der Waals surface area contributed by atoms with Crippen LogP contribution in [-0.2, 0) is 23.4 Å². The van der Waals surface area contributed by atoms with E-state index in [0.717, 1.165) is 6.20 Å². The van der Waals surface area contributed by atoms with Crippen molar-refractivity contribution in [2.24, 2.45) is 5.11 Å². The monoisotopic (exact) mass is 555 g/mol. The Hall–Kier alpha value is -3.52. The number of nitrogens with two attached hydrogens (primary N) is 1. The minimum absolute atomic E-state index is 0.0687. The maximum atomic E-state index is 15.2. The van der Waals surface area contributed by atoms with Crippen LogP contribution in [0.3, 0.4) is 0 Å². The molecule has 17 heteroatoms. The van der Waals surface area contributed by atoms with Gasteiger partial charge in [0.2, 0.25) is 5.72 Å². The number of benzene rings is 1. The topological polar surface area (TPSA) is 213 Å². The molecule has 0 spiro atoms. The SMILES string of the molecule is CC(C)OC(=O)C(C)NP(=O)(OCC1(N=[N+]=[N-])OC(n2ccc(N)nc2=O)C(F)C1O)Oc1ccccc1. The van der Waals surface area contributed by atoms with Gasteiger partial charge in [0.1, 0.15) is 23.7 Å². The number of hydrogen-bond acceptors (Lipinski definition) is 11. The smallest absolute Gasteiger partial charge is 0.459 e. The number of ether oxygens (including phenoxy) is 2. The van der Waals surface area contributed by atoms with Crippen LogP contribution in [0.1, 0.15) is 27.0 Å². The number of aliphatic hydroxyl groups is 1. The molecule has 0 bridgehead atoms. The molecule has 1 aliphatic rings. The third kappa shape index (κ3) is 6.67. The molecule has 38 heavy (non-hydrogen) atoms. The fourth-order valence-corrected chi connectivity index (χ4v) is 4.91. The van der Waals surface area contributed by atoms with Gasteiger partial charge in [-0.15, -0.1) is 0 Å². The van der Waals surface area contributed by atoms with Crippen LogP contribution in [0.4, 0.5) is 10.2 Å². The van der Waals surface area contributed by atoms with Crippen molar-refractivity contribution in [2.75, 3.05) is 12.3 Å². The lowest BCUT2D eigenvalue weighted by atomic mass is 10.1. The van der Waals surface area contributed by atoms with Gasteiger partial charge < -0.3 is 24.8 Å². The van der Waals surface area contributed by atoms with Crippen molar-refractivity contribution in [3.8, 4) is 5.75 Å². The van der Waals surface area contributed by atoms with Crippen LogP contribution in [0.15, 0.2) is 52.5 Å². The van der Waals surface area contributed by atoms with E-state index >= 15 is 4.39 Å². The third-order valence-corrected chi connectivity index (χ3v) is 6.79. The third-order valence-electron chi connectivity index (χ3n) is 5.17. The van der Waals surface area contributed by atoms with E-state index in [4.69, 9.17) is 29.8 Å². The first-order chi connectivity index (χ1) is 17.9. The highest BCUT2D eigenvalue weighted by Crippen LogP contribution is 2.48. The Labute approximate surface area is 215 Å². The van der Waals surface area contributed by atoms with E-state index in [1.165, 1.54) is 25.1 Å². The first-order valence-corrected chi connectivity index (χ1v) is 12.8. The van der Waals surface area contributed by atoms with Crippen molar-refractivity contribution < 1.29 is 37.4 Å². The van der Waals surface area contributed by atoms with E-state index in [-0.39, 0.29) is 11.6 Å². The summed E-state index contributed by atoms with van der Waals surface area (Å²) < 4.78 is 51.1. The molecule has 2 aromatic rings. The van der Waals surface area contributed by atoms with E-state index in [1.807, 2.05) is 0 Å². The number of aromatic nitrogens is 2. The number of nitrogens with zero attached hydrogens (tertiary/aromatic N) is 5. The summed E-state index contributed by atoms with van der Waals surface area (Å²) in [6.07, 6.45) is -5.69. The summed E-state index contributed by atoms with van der Waals surface area (Å²) in [5, 5.41) is 16.4. The van der Waals surface area contributed by atoms with Crippen molar-refractivity contribution >= 4 is 19.5 Å². The molecule has 1 aromatic carbocycles. The first kappa shape index (κ1) is 29.0. The number of para-hydroxylation sites is 1. The van der Waals surface area contributed by atoms with Crippen LogP contribution in [0, 0.1) is 0 Å². The zero-order valence-corrected chi connectivity index (χ0v) is 21.5. The van der Waals surface area contributed by atoms with Crippen LogP contribution in [0.2, 0.25) is 0 Å². The molecule has 0 saturated carbocycles. The summed E-state index contributed by atoms with van der Waals surface area (Å²) >= 11 is 0. The van der Waals surface area contributed by atoms with E-state index in [0.29, 0.717) is 4.57 Å². The number of aliphatic hydroxyl groups excluding tert-OH is 1. The summed E-state index contributed by atoms with van der Waals surface area (Å²) in [7, 11) is -4.51. The molecule has 2 heterocycles. The van der Waals surface area contributed by atoms with Crippen LogP contribution in [-0.4, -0.2) is 57.4 Å². The number of nitrogens with one attached hydrogen (secondary N) is 1. The highest BCUT2D eigenvalue weighted by Gasteiger charge is 2.57. The van der Waals surface area contributed by atoms with Gasteiger partial charge in [0.05, 0.1) is 12.7 Å². The summed E-state index contributed by atoms with van der Waals surface area (Å²) in [6, 6.07) is 7.72. The number of nitrogen functional groups attached to an aromatic ring is 1. The number of alkyl halides is 1. The number of carbonyl (C=O) groups excluding carboxylic acids is 1. The van der Waals surface area contributed by atoms with E-state index < -0.39 is 62.4 Å². The van der Waals surface area contributed by atoms with Gasteiger partial charge in [0.25, 0.3) is 0 Å². The van der Waals surface area contributed by atoms with Crippen LogP contribution in [0.25, 0.3) is 10.4 Å². The Morgan fingerprint density at radius 2 is 2.08 bits per heavy atom. The van der Waals surface area contributed by atoms with E-state index in [2.05, 4.69) is 20.1 Å². The molecule has 206 valence electrons. The molecule has 0 radical (unpaired) electrons. The van der Waals surface area contributed by atoms with Gasteiger partial charge in [0.15, 0.2) is 12.4 Å². The van der Waals surface area contributed by atoms with Crippen LogP contribution >= 0.6 is 7.75 Å². The second-order valence-corrected chi connectivity index (χ2v) is 10.2. The molecule has 4 N–H and O–H groups in total. The highest BCUT2D eigenvalue weighted by molar-refractivity contribution is 7.52. The van der Waals surface area contributed by atoms with Gasteiger partial charge in [-0.2, -0.15) is 10.1 Å². The molecule has 0 amide bonds. The fraction of sp³-hybridized carbons (Fsp3) is 0.476. The average molecular weight is 555 g/mol. The van der Waals surface area contributed by atoms with Crippen molar-refractivity contribution in [2.45, 2.75) is 57.1 Å².